The number of amides is 1. The van der Waals surface area contributed by atoms with Crippen LogP contribution in [0.4, 0.5) is 5.69 Å². The first kappa shape index (κ1) is 14.4. The molecule has 1 heterocycles. The van der Waals surface area contributed by atoms with Crippen molar-refractivity contribution >= 4 is 35.0 Å². The number of anilines is 1. The summed E-state index contributed by atoms with van der Waals surface area (Å²) >= 11 is 0. The maximum Gasteiger partial charge on any atom is 0.224 e. The zero-order valence-corrected chi connectivity index (χ0v) is 10.9. The van der Waals surface area contributed by atoms with Crippen molar-refractivity contribution in [2.45, 2.75) is 12.8 Å². The summed E-state index contributed by atoms with van der Waals surface area (Å²) in [6, 6.07) is 5.44. The van der Waals surface area contributed by atoms with Gasteiger partial charge in [0.2, 0.25) is 5.91 Å². The molecule has 7 heteroatoms. The van der Waals surface area contributed by atoms with E-state index < -0.39 is 0 Å². The molecule has 0 spiro atoms. The average Bonchev–Trinajstić information content (AvgIpc) is 2.76. The number of nitrogens with zero attached hydrogens (tertiary/aromatic N) is 2. The molecule has 1 aromatic carbocycles. The number of carbonyl (C=O) groups is 1. The van der Waals surface area contributed by atoms with Crippen molar-refractivity contribution in [1.29, 1.82) is 0 Å². The molecule has 0 aliphatic heterocycles. The molecule has 0 fully saturated rings. The summed E-state index contributed by atoms with van der Waals surface area (Å²) in [4.78, 5) is 11.6. The highest BCUT2D eigenvalue weighted by molar-refractivity contribution is 5.92. The van der Waals surface area contributed by atoms with Crippen molar-refractivity contribution in [1.82, 2.24) is 20.7 Å². The molecule has 98 valence electrons. The van der Waals surface area contributed by atoms with Crippen molar-refractivity contribution < 1.29 is 4.79 Å². The van der Waals surface area contributed by atoms with Crippen LogP contribution in [0, 0.1) is 0 Å². The first-order chi connectivity index (χ1) is 8.29. The zero-order valence-electron chi connectivity index (χ0n) is 10.1. The number of halogens is 1. The number of benzene rings is 1. The number of aromatic nitrogens is 3. The summed E-state index contributed by atoms with van der Waals surface area (Å²) in [5.74, 6) is 0.0168. The molecule has 2 aromatic rings. The van der Waals surface area contributed by atoms with E-state index in [1.54, 1.807) is 6.07 Å². The fourth-order valence-electron chi connectivity index (χ4n) is 1.57. The Bertz CT molecular complexity index is 513. The van der Waals surface area contributed by atoms with Gasteiger partial charge in [-0.15, -0.1) is 12.4 Å². The molecule has 6 nitrogen and oxygen atoms in total. The Morgan fingerprint density at radius 3 is 2.89 bits per heavy atom. The Morgan fingerprint density at radius 2 is 2.11 bits per heavy atom. The first-order valence-electron chi connectivity index (χ1n) is 5.54. The van der Waals surface area contributed by atoms with E-state index in [2.05, 4.69) is 26.0 Å². The first-order valence-corrected chi connectivity index (χ1v) is 5.54. The van der Waals surface area contributed by atoms with Crippen molar-refractivity contribution in [2.24, 2.45) is 0 Å². The van der Waals surface area contributed by atoms with Crippen molar-refractivity contribution in [3.63, 3.8) is 0 Å². The minimum Gasteiger partial charge on any atom is -0.326 e. The lowest BCUT2D eigenvalue weighted by molar-refractivity contribution is -0.116. The van der Waals surface area contributed by atoms with E-state index in [1.165, 1.54) is 0 Å². The van der Waals surface area contributed by atoms with Crippen LogP contribution in [0.2, 0.25) is 0 Å². The van der Waals surface area contributed by atoms with Crippen LogP contribution in [-0.4, -0.2) is 34.9 Å². The van der Waals surface area contributed by atoms with Gasteiger partial charge in [-0.3, -0.25) is 4.79 Å². The van der Waals surface area contributed by atoms with Crippen molar-refractivity contribution in [3.8, 4) is 0 Å². The van der Waals surface area contributed by atoms with Gasteiger partial charge in [-0.05, 0) is 38.2 Å². The third-order valence-corrected chi connectivity index (χ3v) is 2.43. The van der Waals surface area contributed by atoms with Gasteiger partial charge in [-0.2, -0.15) is 15.4 Å². The highest BCUT2D eigenvalue weighted by Crippen LogP contribution is 2.14. The molecule has 0 aliphatic rings. The van der Waals surface area contributed by atoms with Gasteiger partial charge in [-0.1, -0.05) is 0 Å². The number of rotatable bonds is 5. The predicted molar refractivity (Wildman–Crippen MR) is 72.9 cm³/mol. The molecule has 0 bridgehead atoms. The van der Waals surface area contributed by atoms with E-state index in [9.17, 15) is 4.79 Å². The standard InChI is InChI=1S/C11H15N5O.ClH/c1-12-6-2-3-11(17)13-8-4-5-9-10(7-8)15-16-14-9;/h4-5,7,12H,2-3,6H2,1H3,(H,13,17)(H,14,15,16);1H. The van der Waals surface area contributed by atoms with E-state index in [-0.39, 0.29) is 18.3 Å². The minimum absolute atomic E-state index is 0. The van der Waals surface area contributed by atoms with Crippen LogP contribution < -0.4 is 10.6 Å². The third kappa shape index (κ3) is 3.68. The number of hydrogen-bond acceptors (Lipinski definition) is 4. The van der Waals surface area contributed by atoms with Crippen LogP contribution in [0.15, 0.2) is 18.2 Å². The molecule has 0 aliphatic carbocycles. The van der Waals surface area contributed by atoms with E-state index >= 15 is 0 Å². The van der Waals surface area contributed by atoms with Gasteiger partial charge in [0.25, 0.3) is 0 Å². The molecular weight excluding hydrogens is 254 g/mol. The fourth-order valence-corrected chi connectivity index (χ4v) is 1.57. The highest BCUT2D eigenvalue weighted by Gasteiger charge is 2.04. The lowest BCUT2D eigenvalue weighted by Gasteiger charge is -2.04. The molecule has 0 unspecified atom stereocenters. The Labute approximate surface area is 111 Å². The molecule has 2 rings (SSSR count). The molecule has 0 saturated carbocycles. The van der Waals surface area contributed by atoms with Gasteiger partial charge in [0.05, 0.1) is 0 Å². The van der Waals surface area contributed by atoms with Crippen LogP contribution in [0.3, 0.4) is 0 Å². The number of fused-ring (bicyclic) bond motifs is 1. The lowest BCUT2D eigenvalue weighted by atomic mass is 10.2. The summed E-state index contributed by atoms with van der Waals surface area (Å²) < 4.78 is 0. The van der Waals surface area contributed by atoms with Gasteiger partial charge in [0.1, 0.15) is 11.0 Å². The Kier molecular flexibility index (Phi) is 5.54. The van der Waals surface area contributed by atoms with Crippen LogP contribution in [0.1, 0.15) is 12.8 Å². The van der Waals surface area contributed by atoms with Gasteiger partial charge < -0.3 is 10.6 Å². The van der Waals surface area contributed by atoms with E-state index in [4.69, 9.17) is 0 Å². The molecule has 1 aromatic heterocycles. The fraction of sp³-hybridized carbons (Fsp3) is 0.364. The van der Waals surface area contributed by atoms with Gasteiger partial charge >= 0.3 is 0 Å². The SMILES string of the molecule is CNCCCC(=O)Nc1ccc2n[nH]nc2c1.Cl. The molecular formula is C11H16ClN5O. The van der Waals surface area contributed by atoms with Crippen LogP contribution in [0.25, 0.3) is 11.0 Å². The summed E-state index contributed by atoms with van der Waals surface area (Å²) in [6.07, 6.45) is 1.34. The third-order valence-electron chi connectivity index (χ3n) is 2.43. The molecule has 3 N–H and O–H groups in total. The Balaban J connectivity index is 0.00000162. The van der Waals surface area contributed by atoms with Gasteiger partial charge in [-0.25, -0.2) is 0 Å². The molecule has 0 saturated heterocycles. The zero-order chi connectivity index (χ0) is 12.1. The average molecular weight is 270 g/mol. The summed E-state index contributed by atoms with van der Waals surface area (Å²) in [7, 11) is 1.87. The van der Waals surface area contributed by atoms with Gasteiger partial charge in [0.15, 0.2) is 0 Å². The summed E-state index contributed by atoms with van der Waals surface area (Å²) in [5, 5.41) is 16.3. The normalized spacial score (nSPS) is 10.1. The Hall–Kier alpha value is -1.66. The molecule has 18 heavy (non-hydrogen) atoms. The monoisotopic (exact) mass is 269 g/mol. The molecule has 1 amide bonds. The summed E-state index contributed by atoms with van der Waals surface area (Å²) in [6.45, 7) is 0.843. The molecule has 0 atom stereocenters. The number of hydrogen-bond donors (Lipinski definition) is 3. The second-order valence-electron chi connectivity index (χ2n) is 3.78. The van der Waals surface area contributed by atoms with E-state index in [0.29, 0.717) is 6.42 Å². The maximum absolute atomic E-state index is 11.6. The van der Waals surface area contributed by atoms with Crippen LogP contribution >= 0.6 is 12.4 Å². The largest absolute Gasteiger partial charge is 0.326 e. The molecule has 0 radical (unpaired) electrons. The van der Waals surface area contributed by atoms with Crippen molar-refractivity contribution in [3.05, 3.63) is 18.2 Å². The number of H-pyrrole nitrogens is 1. The van der Waals surface area contributed by atoms with E-state index in [1.807, 2.05) is 19.2 Å². The van der Waals surface area contributed by atoms with Gasteiger partial charge in [0, 0.05) is 12.1 Å². The van der Waals surface area contributed by atoms with Crippen molar-refractivity contribution in [2.75, 3.05) is 18.9 Å². The Morgan fingerprint density at radius 1 is 1.33 bits per heavy atom. The minimum atomic E-state index is 0. The second-order valence-corrected chi connectivity index (χ2v) is 3.78. The van der Waals surface area contributed by atoms with Crippen LogP contribution in [0.5, 0.6) is 0 Å². The number of carbonyl (C=O) groups excluding carboxylic acids is 1. The summed E-state index contributed by atoms with van der Waals surface area (Å²) in [5.41, 5.74) is 2.29. The maximum atomic E-state index is 11.6. The number of aromatic amines is 1. The lowest BCUT2D eigenvalue weighted by Crippen LogP contribution is -2.15. The second kappa shape index (κ2) is 6.93. The predicted octanol–water partition coefficient (Wildman–Crippen LogP) is 1.32. The quantitative estimate of drug-likeness (QED) is 0.715. The van der Waals surface area contributed by atoms with Crippen LogP contribution in [-0.2, 0) is 4.79 Å². The topological polar surface area (TPSA) is 82.7 Å². The highest BCUT2D eigenvalue weighted by atomic mass is 35.5. The smallest absolute Gasteiger partial charge is 0.224 e. The van der Waals surface area contributed by atoms with E-state index in [0.717, 1.165) is 29.7 Å². The number of nitrogens with one attached hydrogen (secondary N) is 3.